The molecule has 2 aromatic rings. The van der Waals surface area contributed by atoms with Crippen LogP contribution in [0.3, 0.4) is 0 Å². The lowest BCUT2D eigenvalue weighted by atomic mass is 10.1. The quantitative estimate of drug-likeness (QED) is 0.559. The van der Waals surface area contributed by atoms with Gasteiger partial charge in [-0.25, -0.2) is 4.79 Å². The van der Waals surface area contributed by atoms with Crippen molar-refractivity contribution < 1.29 is 29.0 Å². The Morgan fingerprint density at radius 2 is 1.85 bits per heavy atom. The zero-order valence-electron chi connectivity index (χ0n) is 13.7. The van der Waals surface area contributed by atoms with Gasteiger partial charge in [0.25, 0.3) is 5.91 Å². The number of furan rings is 1. The minimum Gasteiger partial charge on any atom is -0.481 e. The predicted molar refractivity (Wildman–Crippen MR) is 103 cm³/mol. The van der Waals surface area contributed by atoms with E-state index in [9.17, 15) is 14.4 Å². The first-order valence-corrected chi connectivity index (χ1v) is 8.98. The fourth-order valence-corrected chi connectivity index (χ4v) is 3.68. The van der Waals surface area contributed by atoms with Crippen LogP contribution in [0.1, 0.15) is 22.5 Å². The van der Waals surface area contributed by atoms with Gasteiger partial charge >= 0.3 is 11.9 Å². The molecular formula is C18H13NO6S2. The molecule has 3 rings (SSSR count). The van der Waals surface area contributed by atoms with E-state index in [1.54, 1.807) is 30.3 Å². The first-order chi connectivity index (χ1) is 12.8. The lowest BCUT2D eigenvalue weighted by molar-refractivity contribution is -0.137. The van der Waals surface area contributed by atoms with Crippen LogP contribution in [0.25, 0.3) is 17.4 Å². The highest BCUT2D eigenvalue weighted by Crippen LogP contribution is 2.33. The van der Waals surface area contributed by atoms with E-state index in [0.29, 0.717) is 26.3 Å². The summed E-state index contributed by atoms with van der Waals surface area (Å²) in [5.41, 5.74) is 0.879. The van der Waals surface area contributed by atoms with Gasteiger partial charge in [-0.3, -0.25) is 14.5 Å². The van der Waals surface area contributed by atoms with Crippen LogP contribution in [0.15, 0.2) is 45.7 Å². The third-order valence-corrected chi connectivity index (χ3v) is 5.12. The van der Waals surface area contributed by atoms with Crippen molar-refractivity contribution in [1.29, 1.82) is 0 Å². The molecule has 1 amide bonds. The van der Waals surface area contributed by atoms with E-state index in [0.717, 1.165) is 11.8 Å². The lowest BCUT2D eigenvalue weighted by Gasteiger charge is -2.12. The van der Waals surface area contributed by atoms with Crippen molar-refractivity contribution in [3.8, 4) is 11.3 Å². The summed E-state index contributed by atoms with van der Waals surface area (Å²) in [6, 6.07) is 9.63. The predicted octanol–water partition coefficient (Wildman–Crippen LogP) is 3.32. The normalized spacial score (nSPS) is 15.6. The Balaban J connectivity index is 1.76. The number of hydrogen-bond acceptors (Lipinski definition) is 6. The second kappa shape index (κ2) is 7.77. The van der Waals surface area contributed by atoms with E-state index >= 15 is 0 Å². The average molecular weight is 403 g/mol. The van der Waals surface area contributed by atoms with E-state index in [1.165, 1.54) is 17.0 Å². The number of carbonyl (C=O) groups is 3. The maximum Gasteiger partial charge on any atom is 0.335 e. The minimum atomic E-state index is -1.01. The number of hydrogen-bond donors (Lipinski definition) is 2. The van der Waals surface area contributed by atoms with E-state index in [1.807, 2.05) is 0 Å². The van der Waals surface area contributed by atoms with E-state index in [2.05, 4.69) is 0 Å². The third kappa shape index (κ3) is 4.26. The first kappa shape index (κ1) is 18.9. The van der Waals surface area contributed by atoms with Crippen molar-refractivity contribution in [1.82, 2.24) is 4.90 Å². The average Bonchev–Trinajstić information content (AvgIpc) is 3.19. The number of thioether (sulfide) groups is 1. The molecule has 0 radical (unpaired) electrons. The van der Waals surface area contributed by atoms with E-state index in [4.69, 9.17) is 26.8 Å². The number of aromatic carboxylic acids is 1. The number of nitrogens with zero attached hydrogens (tertiary/aromatic N) is 1. The molecule has 1 aliphatic heterocycles. The smallest absolute Gasteiger partial charge is 0.335 e. The Bertz CT molecular complexity index is 960. The first-order valence-electron chi connectivity index (χ1n) is 7.76. The molecule has 27 heavy (non-hydrogen) atoms. The highest BCUT2D eigenvalue weighted by atomic mass is 32.2. The number of benzene rings is 1. The molecule has 0 atom stereocenters. The van der Waals surface area contributed by atoms with Gasteiger partial charge in [0.1, 0.15) is 15.8 Å². The molecule has 0 unspecified atom stereocenters. The van der Waals surface area contributed by atoms with Crippen LogP contribution in [0.4, 0.5) is 0 Å². The van der Waals surface area contributed by atoms with Gasteiger partial charge in [0.15, 0.2) is 0 Å². The number of carbonyl (C=O) groups excluding carboxylic acids is 1. The highest BCUT2D eigenvalue weighted by molar-refractivity contribution is 8.26. The number of thiocarbonyl (C=S) groups is 1. The van der Waals surface area contributed by atoms with Crippen molar-refractivity contribution in [2.24, 2.45) is 0 Å². The largest absolute Gasteiger partial charge is 0.481 e. The van der Waals surface area contributed by atoms with E-state index < -0.39 is 11.9 Å². The summed E-state index contributed by atoms with van der Waals surface area (Å²) in [6.07, 6.45) is 1.37. The summed E-state index contributed by atoms with van der Waals surface area (Å²) in [5.74, 6) is -1.40. The van der Waals surface area contributed by atoms with Crippen molar-refractivity contribution in [3.63, 3.8) is 0 Å². The van der Waals surface area contributed by atoms with Crippen LogP contribution in [-0.2, 0) is 9.59 Å². The van der Waals surface area contributed by atoms with Gasteiger partial charge in [-0.15, -0.1) is 0 Å². The second-order valence-corrected chi connectivity index (χ2v) is 7.24. The molecule has 9 heteroatoms. The molecule has 0 aliphatic carbocycles. The molecule has 0 saturated carbocycles. The molecule has 138 valence electrons. The maximum absolute atomic E-state index is 12.4. The van der Waals surface area contributed by atoms with Gasteiger partial charge < -0.3 is 14.6 Å². The zero-order valence-corrected chi connectivity index (χ0v) is 15.4. The fourth-order valence-electron chi connectivity index (χ4n) is 2.39. The van der Waals surface area contributed by atoms with Crippen LogP contribution >= 0.6 is 24.0 Å². The summed E-state index contributed by atoms with van der Waals surface area (Å²) in [6.45, 7) is 0.0245. The molecule has 7 nitrogen and oxygen atoms in total. The molecule has 1 aliphatic rings. The Morgan fingerprint density at radius 3 is 2.48 bits per heavy atom. The SMILES string of the molecule is O=C(O)CCN1C(=O)/C(=C\c2ccc(-c3ccc(C(=O)O)cc3)o2)SC1=S. The fraction of sp³-hybridized carbons (Fsp3) is 0.111. The molecule has 1 fully saturated rings. The molecule has 1 aromatic carbocycles. The van der Waals surface area contributed by atoms with Gasteiger partial charge in [-0.2, -0.15) is 0 Å². The summed E-state index contributed by atoms with van der Waals surface area (Å²) >= 11 is 6.22. The maximum atomic E-state index is 12.4. The number of carboxylic acids is 2. The molecule has 0 spiro atoms. The molecule has 1 aromatic heterocycles. The Kier molecular flexibility index (Phi) is 5.43. The van der Waals surface area contributed by atoms with Crippen molar-refractivity contribution in [2.45, 2.75) is 6.42 Å². The van der Waals surface area contributed by atoms with Crippen molar-refractivity contribution >= 4 is 52.2 Å². The molecule has 1 saturated heterocycles. The Hall–Kier alpha value is -2.91. The van der Waals surface area contributed by atoms with Crippen LogP contribution in [0.5, 0.6) is 0 Å². The van der Waals surface area contributed by atoms with Gasteiger partial charge in [0.2, 0.25) is 0 Å². The van der Waals surface area contributed by atoms with Gasteiger partial charge in [0, 0.05) is 18.2 Å². The molecular weight excluding hydrogens is 390 g/mol. The van der Waals surface area contributed by atoms with E-state index in [-0.39, 0.29) is 24.4 Å². The summed E-state index contributed by atoms with van der Waals surface area (Å²) in [7, 11) is 0. The number of rotatable bonds is 6. The molecule has 0 bridgehead atoms. The monoisotopic (exact) mass is 403 g/mol. The topological polar surface area (TPSA) is 108 Å². The third-order valence-electron chi connectivity index (χ3n) is 3.74. The van der Waals surface area contributed by atoms with Crippen LogP contribution in [0.2, 0.25) is 0 Å². The summed E-state index contributed by atoms with van der Waals surface area (Å²) in [4.78, 5) is 35.6. The van der Waals surface area contributed by atoms with Gasteiger partial charge in [-0.1, -0.05) is 36.1 Å². The van der Waals surface area contributed by atoms with Crippen molar-refractivity contribution in [2.75, 3.05) is 6.54 Å². The van der Waals surface area contributed by atoms with Gasteiger partial charge in [-0.05, 0) is 24.3 Å². The number of aliphatic carboxylic acids is 1. The summed E-state index contributed by atoms with van der Waals surface area (Å²) < 4.78 is 6.01. The molecule has 2 N–H and O–H groups in total. The van der Waals surface area contributed by atoms with Crippen LogP contribution in [0, 0.1) is 0 Å². The van der Waals surface area contributed by atoms with Crippen molar-refractivity contribution in [3.05, 3.63) is 52.6 Å². The standard InChI is InChI=1S/C18H13NO6S2/c20-15(21)7-8-19-16(22)14(27-18(19)26)9-12-5-6-13(25-12)10-1-3-11(4-2-10)17(23)24/h1-6,9H,7-8H2,(H,20,21)(H,23,24)/b14-9+. The second-order valence-electron chi connectivity index (χ2n) is 5.56. The number of amides is 1. The Labute approximate surface area is 163 Å². The number of carboxylic acid groups (broad SMARTS) is 2. The van der Waals surface area contributed by atoms with Crippen LogP contribution < -0.4 is 0 Å². The Morgan fingerprint density at radius 1 is 1.15 bits per heavy atom. The van der Waals surface area contributed by atoms with Crippen LogP contribution in [-0.4, -0.2) is 43.8 Å². The minimum absolute atomic E-state index is 0.0245. The molecule has 2 heterocycles. The zero-order chi connectivity index (χ0) is 19.6. The summed E-state index contributed by atoms with van der Waals surface area (Å²) in [5, 5.41) is 17.7. The lowest BCUT2D eigenvalue weighted by Crippen LogP contribution is -2.30. The highest BCUT2D eigenvalue weighted by Gasteiger charge is 2.32. The van der Waals surface area contributed by atoms with Gasteiger partial charge in [0.05, 0.1) is 16.9 Å².